The molecule has 0 rings (SSSR count). The highest BCUT2D eigenvalue weighted by Gasteiger charge is 2.29. The zero-order valence-electron chi connectivity index (χ0n) is 10.3. The van der Waals surface area contributed by atoms with Gasteiger partial charge in [-0.2, -0.15) is 0 Å². The Labute approximate surface area is 90.0 Å². The van der Waals surface area contributed by atoms with Crippen LogP contribution in [0.1, 0.15) is 0 Å². The molecule has 3 nitrogen and oxygen atoms in total. The monoisotopic (exact) mass is 236 g/mol. The van der Waals surface area contributed by atoms with Crippen LogP contribution < -0.4 is 0 Å². The van der Waals surface area contributed by atoms with E-state index in [4.69, 9.17) is 13.6 Å². The third kappa shape index (κ3) is 8.89. The number of rotatable bonds is 7. The van der Waals surface area contributed by atoms with Crippen LogP contribution in [0.15, 0.2) is 0 Å². The minimum Gasteiger partial charge on any atom is -0.454 e. The Kier molecular flexibility index (Phi) is 6.15. The molecule has 0 fully saturated rings. The van der Waals surface area contributed by atoms with E-state index >= 15 is 0 Å². The molecule has 14 heavy (non-hydrogen) atoms. The second-order valence-corrected chi connectivity index (χ2v) is 13.9. The summed E-state index contributed by atoms with van der Waals surface area (Å²) in [5.41, 5.74) is 0. The third-order valence-electron chi connectivity index (χ3n) is 1.46. The Morgan fingerprint density at radius 3 is 1.93 bits per heavy atom. The maximum atomic E-state index is 6.12. The van der Waals surface area contributed by atoms with Crippen LogP contribution in [0.3, 0.4) is 0 Å². The van der Waals surface area contributed by atoms with E-state index in [9.17, 15) is 0 Å². The molecular formula is C9H24O3Si2. The van der Waals surface area contributed by atoms with E-state index in [1.54, 1.807) is 7.11 Å². The highest BCUT2D eigenvalue weighted by molar-refractivity contribution is 6.84. The zero-order chi connectivity index (χ0) is 11.2. The highest BCUT2D eigenvalue weighted by Crippen LogP contribution is 2.14. The van der Waals surface area contributed by atoms with Crippen molar-refractivity contribution in [1.82, 2.24) is 0 Å². The average Bonchev–Trinajstić information content (AvgIpc) is 1.93. The summed E-state index contributed by atoms with van der Waals surface area (Å²) in [6.45, 7) is 12.4. The van der Waals surface area contributed by atoms with Gasteiger partial charge < -0.3 is 13.6 Å². The summed E-state index contributed by atoms with van der Waals surface area (Å²) in [6.07, 6.45) is 0.765. The van der Waals surface area contributed by atoms with Crippen molar-refractivity contribution in [2.45, 2.75) is 32.7 Å². The molecule has 0 aromatic carbocycles. The van der Waals surface area contributed by atoms with Crippen molar-refractivity contribution < 1.29 is 13.6 Å². The Morgan fingerprint density at radius 2 is 1.50 bits per heavy atom. The van der Waals surface area contributed by atoms with Crippen LogP contribution in [0.4, 0.5) is 0 Å². The first-order valence-electron chi connectivity index (χ1n) is 5.04. The fourth-order valence-corrected chi connectivity index (χ4v) is 8.82. The lowest BCUT2D eigenvalue weighted by molar-refractivity contribution is 0.0873. The standard InChI is InChI=1S/C9H24O3Si2/c1-10-7-8-11-9-14(5,6)12-13(2,3)4/h7-9H2,1-6H3. The molecule has 0 aliphatic rings. The van der Waals surface area contributed by atoms with Gasteiger partial charge in [-0.3, -0.25) is 0 Å². The summed E-state index contributed by atoms with van der Waals surface area (Å²) >= 11 is 0. The van der Waals surface area contributed by atoms with Crippen molar-refractivity contribution in [1.29, 1.82) is 0 Å². The van der Waals surface area contributed by atoms with Crippen LogP contribution in [0.5, 0.6) is 0 Å². The number of ether oxygens (including phenoxy) is 2. The molecular weight excluding hydrogens is 212 g/mol. The quantitative estimate of drug-likeness (QED) is 0.501. The van der Waals surface area contributed by atoms with Gasteiger partial charge in [-0.15, -0.1) is 0 Å². The first kappa shape index (κ1) is 14.3. The maximum absolute atomic E-state index is 6.12. The number of hydrogen-bond acceptors (Lipinski definition) is 3. The molecule has 0 aromatic rings. The van der Waals surface area contributed by atoms with E-state index in [1.807, 2.05) is 0 Å². The van der Waals surface area contributed by atoms with E-state index in [0.29, 0.717) is 13.2 Å². The van der Waals surface area contributed by atoms with E-state index in [1.165, 1.54) is 0 Å². The van der Waals surface area contributed by atoms with Gasteiger partial charge in [0.15, 0.2) is 16.6 Å². The Bertz CT molecular complexity index is 155. The molecule has 86 valence electrons. The molecule has 0 saturated heterocycles. The normalized spacial score (nSPS) is 13.3. The highest BCUT2D eigenvalue weighted by atomic mass is 28.4. The minimum atomic E-state index is -1.60. The predicted molar refractivity (Wildman–Crippen MR) is 64.6 cm³/mol. The molecule has 0 saturated carbocycles. The lowest BCUT2D eigenvalue weighted by Gasteiger charge is -2.31. The van der Waals surface area contributed by atoms with Gasteiger partial charge in [-0.1, -0.05) is 0 Å². The third-order valence-corrected chi connectivity index (χ3v) is 7.02. The van der Waals surface area contributed by atoms with Gasteiger partial charge in [-0.05, 0) is 32.7 Å². The second kappa shape index (κ2) is 6.02. The van der Waals surface area contributed by atoms with Gasteiger partial charge in [0.2, 0.25) is 0 Å². The van der Waals surface area contributed by atoms with Crippen LogP contribution in [-0.2, 0) is 13.6 Å². The Morgan fingerprint density at radius 1 is 0.929 bits per heavy atom. The molecule has 0 atom stereocenters. The molecule has 0 unspecified atom stereocenters. The van der Waals surface area contributed by atoms with E-state index in [-0.39, 0.29) is 0 Å². The number of methoxy groups -OCH3 is 1. The molecule has 0 aliphatic carbocycles. The van der Waals surface area contributed by atoms with E-state index < -0.39 is 16.6 Å². The molecule has 0 heterocycles. The second-order valence-electron chi connectivity index (χ2n) is 5.02. The van der Waals surface area contributed by atoms with Crippen LogP contribution in [0, 0.1) is 0 Å². The predicted octanol–water partition coefficient (Wildman–Crippen LogP) is 2.25. The van der Waals surface area contributed by atoms with Crippen LogP contribution in [0.25, 0.3) is 0 Å². The summed E-state index contributed by atoms with van der Waals surface area (Å²) < 4.78 is 16.6. The first-order valence-corrected chi connectivity index (χ1v) is 11.6. The fourth-order valence-electron chi connectivity index (χ4n) is 1.32. The SMILES string of the molecule is COCCOC[Si](C)(C)O[Si](C)(C)C. The molecule has 0 spiro atoms. The summed E-state index contributed by atoms with van der Waals surface area (Å²) in [7, 11) is -1.33. The molecule has 0 aromatic heterocycles. The van der Waals surface area contributed by atoms with Gasteiger partial charge in [0.05, 0.1) is 19.4 Å². The summed E-state index contributed by atoms with van der Waals surface area (Å²) in [4.78, 5) is 0. The topological polar surface area (TPSA) is 27.7 Å². The average molecular weight is 236 g/mol. The molecule has 0 bridgehead atoms. The molecule has 5 heteroatoms. The molecule has 0 amide bonds. The van der Waals surface area contributed by atoms with Crippen molar-refractivity contribution in [3.63, 3.8) is 0 Å². The summed E-state index contributed by atoms with van der Waals surface area (Å²) in [5.74, 6) is 0. The van der Waals surface area contributed by atoms with Crippen LogP contribution >= 0.6 is 0 Å². The molecule has 0 N–H and O–H groups in total. The lowest BCUT2D eigenvalue weighted by Crippen LogP contribution is -2.46. The maximum Gasteiger partial charge on any atom is 0.199 e. The molecule has 0 aliphatic heterocycles. The van der Waals surface area contributed by atoms with Gasteiger partial charge in [0.25, 0.3) is 0 Å². The fraction of sp³-hybridized carbons (Fsp3) is 1.00. The summed E-state index contributed by atoms with van der Waals surface area (Å²) in [5, 5.41) is 0. The van der Waals surface area contributed by atoms with Gasteiger partial charge in [0.1, 0.15) is 0 Å². The Hall–Kier alpha value is 0.314. The van der Waals surface area contributed by atoms with Gasteiger partial charge >= 0.3 is 0 Å². The Balaban J connectivity index is 3.72. The molecule has 0 radical (unpaired) electrons. The zero-order valence-corrected chi connectivity index (χ0v) is 12.3. The van der Waals surface area contributed by atoms with Crippen molar-refractivity contribution >= 4 is 16.6 Å². The van der Waals surface area contributed by atoms with Crippen molar-refractivity contribution in [2.75, 3.05) is 26.6 Å². The van der Waals surface area contributed by atoms with Crippen molar-refractivity contribution in [3.05, 3.63) is 0 Å². The smallest absolute Gasteiger partial charge is 0.199 e. The number of hydrogen-bond donors (Lipinski definition) is 0. The summed E-state index contributed by atoms with van der Waals surface area (Å²) in [6, 6.07) is 0. The van der Waals surface area contributed by atoms with Gasteiger partial charge in [0, 0.05) is 7.11 Å². The van der Waals surface area contributed by atoms with Gasteiger partial charge in [-0.25, -0.2) is 0 Å². The largest absolute Gasteiger partial charge is 0.454 e. The van der Waals surface area contributed by atoms with Crippen LogP contribution in [0.2, 0.25) is 32.7 Å². The first-order chi connectivity index (χ1) is 6.27. The van der Waals surface area contributed by atoms with Crippen LogP contribution in [-0.4, -0.2) is 43.2 Å². The van der Waals surface area contributed by atoms with Crippen molar-refractivity contribution in [2.24, 2.45) is 0 Å². The lowest BCUT2D eigenvalue weighted by atomic mass is 10.8. The van der Waals surface area contributed by atoms with E-state index in [2.05, 4.69) is 32.7 Å². The van der Waals surface area contributed by atoms with Crippen molar-refractivity contribution in [3.8, 4) is 0 Å². The minimum absolute atomic E-state index is 0.664. The van der Waals surface area contributed by atoms with E-state index in [0.717, 1.165) is 6.23 Å².